The van der Waals surface area contributed by atoms with E-state index < -0.39 is 0 Å². The Morgan fingerprint density at radius 1 is 1.07 bits per heavy atom. The molecule has 2 aliphatic rings. The van der Waals surface area contributed by atoms with Gasteiger partial charge in [-0.1, -0.05) is 42.5 Å². The van der Waals surface area contributed by atoms with Gasteiger partial charge in [0.05, 0.1) is 11.6 Å². The van der Waals surface area contributed by atoms with E-state index in [1.807, 2.05) is 24.3 Å². The van der Waals surface area contributed by atoms with Crippen LogP contribution in [0, 0.1) is 18.8 Å². The zero-order valence-corrected chi connectivity index (χ0v) is 18.4. The van der Waals surface area contributed by atoms with Crippen LogP contribution in [-0.2, 0) is 0 Å². The molecule has 5 rings (SSSR count). The molecule has 0 bridgehead atoms. The summed E-state index contributed by atoms with van der Waals surface area (Å²) in [6.45, 7) is 4.89. The Morgan fingerprint density at radius 3 is 2.60 bits per heavy atom. The summed E-state index contributed by atoms with van der Waals surface area (Å²) in [5, 5.41) is 3.52. The van der Waals surface area contributed by atoms with Crippen LogP contribution in [0.25, 0.3) is 11.4 Å². The maximum Gasteiger partial charge on any atom is 0.255 e. The second-order valence-electron chi connectivity index (χ2n) is 7.82. The van der Waals surface area contributed by atoms with Gasteiger partial charge in [-0.3, -0.25) is 4.79 Å². The van der Waals surface area contributed by atoms with Gasteiger partial charge in [-0.05, 0) is 30.0 Å². The zero-order valence-electron chi connectivity index (χ0n) is 16.7. The molecule has 1 amide bonds. The SMILES string of the molecule is Cc1ccccc1[C@H]1[C@H]2CNC[C@H]2CN1C(=O)c1ccccc1-c1ncc[nH]1.Cl.Cl. The fourth-order valence-corrected chi connectivity index (χ4v) is 4.89. The molecule has 2 N–H and O–H groups in total. The van der Waals surface area contributed by atoms with E-state index in [1.54, 1.807) is 12.4 Å². The van der Waals surface area contributed by atoms with Gasteiger partial charge in [0.1, 0.15) is 5.82 Å². The van der Waals surface area contributed by atoms with Crippen molar-refractivity contribution in [2.45, 2.75) is 13.0 Å². The Hall–Kier alpha value is -2.34. The molecule has 7 heteroatoms. The molecular weight excluding hydrogens is 419 g/mol. The van der Waals surface area contributed by atoms with Crippen molar-refractivity contribution in [3.63, 3.8) is 0 Å². The summed E-state index contributed by atoms with van der Waals surface area (Å²) in [6.07, 6.45) is 3.51. The quantitative estimate of drug-likeness (QED) is 0.634. The molecule has 0 spiro atoms. The molecule has 3 atom stereocenters. The van der Waals surface area contributed by atoms with E-state index in [0.29, 0.717) is 17.4 Å². The van der Waals surface area contributed by atoms with Crippen LogP contribution in [0.2, 0.25) is 0 Å². The molecule has 30 heavy (non-hydrogen) atoms. The average molecular weight is 445 g/mol. The van der Waals surface area contributed by atoms with Gasteiger partial charge in [-0.15, -0.1) is 24.8 Å². The number of imidazole rings is 1. The first-order chi connectivity index (χ1) is 13.7. The predicted molar refractivity (Wildman–Crippen MR) is 123 cm³/mol. The summed E-state index contributed by atoms with van der Waals surface area (Å²) < 4.78 is 0. The Kier molecular flexibility index (Phi) is 6.86. The Balaban J connectivity index is 0.00000128. The Morgan fingerprint density at radius 2 is 1.83 bits per heavy atom. The van der Waals surface area contributed by atoms with Gasteiger partial charge in [0.15, 0.2) is 0 Å². The molecule has 0 saturated carbocycles. The van der Waals surface area contributed by atoms with Gasteiger partial charge in [0, 0.05) is 43.5 Å². The monoisotopic (exact) mass is 444 g/mol. The molecule has 1 aromatic heterocycles. The topological polar surface area (TPSA) is 61.0 Å². The fraction of sp³-hybridized carbons (Fsp3) is 0.304. The molecule has 3 aromatic rings. The van der Waals surface area contributed by atoms with Crippen LogP contribution in [0.15, 0.2) is 60.9 Å². The maximum atomic E-state index is 13.8. The fourth-order valence-electron chi connectivity index (χ4n) is 4.89. The summed E-state index contributed by atoms with van der Waals surface area (Å²) in [6, 6.07) is 16.3. The minimum absolute atomic E-state index is 0. The normalized spacial score (nSPS) is 22.2. The molecule has 0 aliphatic carbocycles. The smallest absolute Gasteiger partial charge is 0.255 e. The van der Waals surface area contributed by atoms with E-state index >= 15 is 0 Å². The van der Waals surface area contributed by atoms with Crippen molar-refractivity contribution < 1.29 is 4.79 Å². The summed E-state index contributed by atoms with van der Waals surface area (Å²) in [4.78, 5) is 23.4. The van der Waals surface area contributed by atoms with Gasteiger partial charge in [0.25, 0.3) is 5.91 Å². The first-order valence-corrected chi connectivity index (χ1v) is 9.90. The first kappa shape index (κ1) is 22.3. The van der Waals surface area contributed by atoms with Gasteiger partial charge in [-0.2, -0.15) is 0 Å². The lowest BCUT2D eigenvalue weighted by atomic mass is 9.87. The van der Waals surface area contributed by atoms with Gasteiger partial charge in [-0.25, -0.2) is 4.98 Å². The molecule has 5 nitrogen and oxygen atoms in total. The van der Waals surface area contributed by atoms with Gasteiger partial charge < -0.3 is 15.2 Å². The third-order valence-corrected chi connectivity index (χ3v) is 6.24. The molecule has 3 heterocycles. The summed E-state index contributed by atoms with van der Waals surface area (Å²) in [5.41, 5.74) is 4.08. The van der Waals surface area contributed by atoms with Gasteiger partial charge in [0.2, 0.25) is 0 Å². The number of aryl methyl sites for hydroxylation is 1. The number of likely N-dealkylation sites (tertiary alicyclic amines) is 1. The molecule has 2 fully saturated rings. The van der Waals surface area contributed by atoms with Crippen LogP contribution in [0.1, 0.15) is 27.5 Å². The highest BCUT2D eigenvalue weighted by molar-refractivity contribution is 6.00. The summed E-state index contributed by atoms with van der Waals surface area (Å²) >= 11 is 0. The van der Waals surface area contributed by atoms with E-state index in [0.717, 1.165) is 31.0 Å². The van der Waals surface area contributed by atoms with Crippen LogP contribution in [-0.4, -0.2) is 40.4 Å². The summed E-state index contributed by atoms with van der Waals surface area (Å²) in [5.74, 6) is 1.79. The molecule has 0 unspecified atom stereocenters. The lowest BCUT2D eigenvalue weighted by Gasteiger charge is -2.30. The third kappa shape index (κ3) is 3.73. The first-order valence-electron chi connectivity index (χ1n) is 9.90. The highest BCUT2D eigenvalue weighted by atomic mass is 35.5. The van der Waals surface area contributed by atoms with Crippen LogP contribution >= 0.6 is 24.8 Å². The number of carbonyl (C=O) groups excluding carboxylic acids is 1. The van der Waals surface area contributed by atoms with Crippen molar-refractivity contribution in [1.82, 2.24) is 20.2 Å². The molecular formula is C23H26Cl2N4O. The third-order valence-electron chi connectivity index (χ3n) is 6.24. The van der Waals surface area contributed by atoms with E-state index in [4.69, 9.17) is 0 Å². The number of hydrogen-bond acceptors (Lipinski definition) is 3. The second-order valence-corrected chi connectivity index (χ2v) is 7.82. The lowest BCUT2D eigenvalue weighted by Crippen LogP contribution is -2.35. The van der Waals surface area contributed by atoms with Crippen molar-refractivity contribution in [3.05, 3.63) is 77.6 Å². The highest BCUT2D eigenvalue weighted by Gasteiger charge is 2.47. The number of aromatic nitrogens is 2. The van der Waals surface area contributed by atoms with Crippen LogP contribution in [0.3, 0.4) is 0 Å². The second kappa shape index (κ2) is 9.21. The molecule has 2 aliphatic heterocycles. The number of halogens is 2. The van der Waals surface area contributed by atoms with Crippen LogP contribution in [0.5, 0.6) is 0 Å². The number of fused-ring (bicyclic) bond motifs is 1. The van der Waals surface area contributed by atoms with Gasteiger partial charge >= 0.3 is 0 Å². The van der Waals surface area contributed by atoms with Crippen molar-refractivity contribution >= 4 is 30.7 Å². The van der Waals surface area contributed by atoms with Crippen molar-refractivity contribution in [2.75, 3.05) is 19.6 Å². The van der Waals surface area contributed by atoms with Crippen molar-refractivity contribution in [2.24, 2.45) is 11.8 Å². The maximum absolute atomic E-state index is 13.8. The molecule has 0 radical (unpaired) electrons. The van der Waals surface area contributed by atoms with Crippen molar-refractivity contribution in [3.8, 4) is 11.4 Å². The van der Waals surface area contributed by atoms with Crippen molar-refractivity contribution in [1.29, 1.82) is 0 Å². The zero-order chi connectivity index (χ0) is 19.1. The molecule has 158 valence electrons. The number of hydrogen-bond donors (Lipinski definition) is 2. The molecule has 2 aromatic carbocycles. The Labute approximate surface area is 189 Å². The minimum atomic E-state index is 0. The highest BCUT2D eigenvalue weighted by Crippen LogP contribution is 2.44. The minimum Gasteiger partial charge on any atom is -0.345 e. The van der Waals surface area contributed by atoms with E-state index in [1.165, 1.54) is 11.1 Å². The van der Waals surface area contributed by atoms with Crippen LogP contribution < -0.4 is 5.32 Å². The number of nitrogens with one attached hydrogen (secondary N) is 2. The van der Waals surface area contributed by atoms with E-state index in [-0.39, 0.29) is 36.8 Å². The Bertz CT molecular complexity index is 1010. The number of H-pyrrole nitrogens is 1. The number of carbonyl (C=O) groups is 1. The van der Waals surface area contributed by atoms with E-state index in [2.05, 4.69) is 51.4 Å². The number of benzene rings is 2. The number of rotatable bonds is 3. The van der Waals surface area contributed by atoms with Crippen LogP contribution in [0.4, 0.5) is 0 Å². The number of aromatic amines is 1. The number of amides is 1. The predicted octanol–water partition coefficient (Wildman–Crippen LogP) is 4.26. The van der Waals surface area contributed by atoms with E-state index in [9.17, 15) is 4.79 Å². The molecule has 2 saturated heterocycles. The average Bonchev–Trinajstić information content (AvgIpc) is 3.45. The number of nitrogens with zero attached hydrogens (tertiary/aromatic N) is 2. The largest absolute Gasteiger partial charge is 0.345 e. The summed E-state index contributed by atoms with van der Waals surface area (Å²) in [7, 11) is 0. The lowest BCUT2D eigenvalue weighted by molar-refractivity contribution is 0.0714. The standard InChI is InChI=1S/C23H24N4O.2ClH/c1-15-6-2-3-7-17(15)21-20-13-24-12-16(20)14-27(21)23(28)19-9-5-4-8-18(19)22-25-10-11-26-22;;/h2-11,16,20-21,24H,12-14H2,1H3,(H,25,26);2*1H/t16-,20-,21-;;/m0../s1.